The number of aryl methyl sites for hydroxylation is 1. The molecule has 0 spiro atoms. The van der Waals surface area contributed by atoms with E-state index >= 15 is 0 Å². The minimum atomic E-state index is -0.591. The van der Waals surface area contributed by atoms with E-state index in [4.69, 9.17) is 10.5 Å². The number of primary amides is 1. The van der Waals surface area contributed by atoms with Gasteiger partial charge in [-0.05, 0) is 31.2 Å². The highest BCUT2D eigenvalue weighted by Crippen LogP contribution is 2.22. The molecule has 2 aromatic rings. The van der Waals surface area contributed by atoms with Crippen molar-refractivity contribution in [3.8, 4) is 5.75 Å². The van der Waals surface area contributed by atoms with Crippen LogP contribution in [-0.4, -0.2) is 13.0 Å². The largest absolute Gasteiger partial charge is 0.496 e. The number of nitrogens with one attached hydrogen (secondary N) is 1. The van der Waals surface area contributed by atoms with Gasteiger partial charge in [0, 0.05) is 17.7 Å². The number of halogens is 1. The molecule has 2 rings (SSSR count). The van der Waals surface area contributed by atoms with E-state index in [-0.39, 0.29) is 11.3 Å². The van der Waals surface area contributed by atoms with Crippen molar-refractivity contribution < 1.29 is 13.9 Å². The Morgan fingerprint density at radius 3 is 2.71 bits per heavy atom. The lowest BCUT2D eigenvalue weighted by Gasteiger charge is -2.12. The van der Waals surface area contributed by atoms with Gasteiger partial charge in [-0.3, -0.25) is 4.79 Å². The molecule has 4 nitrogen and oxygen atoms in total. The second-order valence-corrected chi connectivity index (χ2v) is 4.73. The molecule has 3 N–H and O–H groups in total. The maximum Gasteiger partial charge on any atom is 0.248 e. The summed E-state index contributed by atoms with van der Waals surface area (Å²) in [6.07, 6.45) is 0. The van der Waals surface area contributed by atoms with Crippen molar-refractivity contribution >= 4 is 11.6 Å². The van der Waals surface area contributed by atoms with Gasteiger partial charge in [0.1, 0.15) is 11.6 Å². The molecule has 1 amide bonds. The Kier molecular flexibility index (Phi) is 4.42. The van der Waals surface area contributed by atoms with Crippen LogP contribution in [0.4, 0.5) is 10.1 Å². The number of amides is 1. The zero-order chi connectivity index (χ0) is 15.4. The summed E-state index contributed by atoms with van der Waals surface area (Å²) in [7, 11) is 1.59. The Bertz CT molecular complexity index is 671. The van der Waals surface area contributed by atoms with Gasteiger partial charge < -0.3 is 15.8 Å². The fraction of sp³-hybridized carbons (Fsp3) is 0.188. The molecule has 0 saturated heterocycles. The summed E-state index contributed by atoms with van der Waals surface area (Å²) in [6, 6.07) is 9.74. The maximum absolute atomic E-state index is 13.8. The molecule has 21 heavy (non-hydrogen) atoms. The number of carbonyl (C=O) groups is 1. The SMILES string of the molecule is COc1ccc(C)cc1CNc1cc(C(N)=O)ccc1F. The molecule has 0 aliphatic rings. The fourth-order valence-corrected chi connectivity index (χ4v) is 2.05. The minimum Gasteiger partial charge on any atom is -0.496 e. The zero-order valence-corrected chi connectivity index (χ0v) is 11.9. The molecule has 0 saturated carbocycles. The van der Waals surface area contributed by atoms with Crippen molar-refractivity contribution in [2.24, 2.45) is 5.73 Å². The Balaban J connectivity index is 2.22. The van der Waals surface area contributed by atoms with E-state index in [2.05, 4.69) is 5.32 Å². The smallest absolute Gasteiger partial charge is 0.248 e. The van der Waals surface area contributed by atoms with E-state index < -0.39 is 11.7 Å². The first-order valence-electron chi connectivity index (χ1n) is 6.48. The summed E-state index contributed by atoms with van der Waals surface area (Å²) in [5, 5.41) is 2.96. The summed E-state index contributed by atoms with van der Waals surface area (Å²) in [6.45, 7) is 2.35. The van der Waals surface area contributed by atoms with Crippen molar-refractivity contribution in [2.45, 2.75) is 13.5 Å². The molecular weight excluding hydrogens is 271 g/mol. The number of ether oxygens (including phenoxy) is 1. The lowest BCUT2D eigenvalue weighted by Crippen LogP contribution is -2.12. The van der Waals surface area contributed by atoms with Crippen LogP contribution in [0.5, 0.6) is 5.75 Å². The standard InChI is InChI=1S/C16H17FN2O2/c1-10-3-6-15(21-2)12(7-10)9-19-14-8-11(16(18)20)4-5-13(14)17/h3-8,19H,9H2,1-2H3,(H2,18,20). The van der Waals surface area contributed by atoms with E-state index in [9.17, 15) is 9.18 Å². The first-order chi connectivity index (χ1) is 10.0. The molecule has 0 aliphatic carbocycles. The molecule has 0 aromatic heterocycles. The van der Waals surface area contributed by atoms with Crippen LogP contribution in [0, 0.1) is 12.7 Å². The highest BCUT2D eigenvalue weighted by atomic mass is 19.1. The second-order valence-electron chi connectivity index (χ2n) is 4.73. The van der Waals surface area contributed by atoms with E-state index in [1.54, 1.807) is 7.11 Å². The topological polar surface area (TPSA) is 64.3 Å². The maximum atomic E-state index is 13.8. The minimum absolute atomic E-state index is 0.231. The van der Waals surface area contributed by atoms with E-state index in [1.165, 1.54) is 18.2 Å². The molecule has 0 atom stereocenters. The monoisotopic (exact) mass is 288 g/mol. The third-order valence-electron chi connectivity index (χ3n) is 3.16. The predicted molar refractivity (Wildman–Crippen MR) is 80.0 cm³/mol. The van der Waals surface area contributed by atoms with Crippen LogP contribution in [-0.2, 0) is 6.54 Å². The Morgan fingerprint density at radius 2 is 2.05 bits per heavy atom. The van der Waals surface area contributed by atoms with Crippen molar-refractivity contribution in [3.63, 3.8) is 0 Å². The third-order valence-corrected chi connectivity index (χ3v) is 3.16. The van der Waals surface area contributed by atoms with Crippen LogP contribution in [0.15, 0.2) is 36.4 Å². The molecule has 0 fully saturated rings. The molecule has 0 bridgehead atoms. The van der Waals surface area contributed by atoms with Crippen LogP contribution in [0.2, 0.25) is 0 Å². The van der Waals surface area contributed by atoms with E-state index in [0.29, 0.717) is 6.54 Å². The molecule has 2 aromatic carbocycles. The number of hydrogen-bond donors (Lipinski definition) is 2. The number of carbonyl (C=O) groups excluding carboxylic acids is 1. The summed E-state index contributed by atoms with van der Waals surface area (Å²) in [5.41, 5.74) is 7.67. The van der Waals surface area contributed by atoms with Crippen molar-refractivity contribution in [1.29, 1.82) is 0 Å². The van der Waals surface area contributed by atoms with Gasteiger partial charge in [0.2, 0.25) is 5.91 Å². The molecular formula is C16H17FN2O2. The van der Waals surface area contributed by atoms with Gasteiger partial charge in [-0.1, -0.05) is 17.7 Å². The van der Waals surface area contributed by atoms with Crippen LogP contribution < -0.4 is 15.8 Å². The molecule has 0 unspecified atom stereocenters. The molecule has 110 valence electrons. The van der Waals surface area contributed by atoms with Crippen LogP contribution >= 0.6 is 0 Å². The van der Waals surface area contributed by atoms with Crippen molar-refractivity contribution in [1.82, 2.24) is 0 Å². The van der Waals surface area contributed by atoms with Crippen LogP contribution in [0.3, 0.4) is 0 Å². The number of methoxy groups -OCH3 is 1. The Morgan fingerprint density at radius 1 is 1.29 bits per heavy atom. The summed E-state index contributed by atoms with van der Waals surface area (Å²) in [4.78, 5) is 11.1. The van der Waals surface area contributed by atoms with Crippen molar-refractivity contribution in [3.05, 3.63) is 58.9 Å². The van der Waals surface area contributed by atoms with Crippen LogP contribution in [0.1, 0.15) is 21.5 Å². The van der Waals surface area contributed by atoms with Gasteiger partial charge in [-0.2, -0.15) is 0 Å². The zero-order valence-electron chi connectivity index (χ0n) is 11.9. The summed E-state index contributed by atoms with van der Waals surface area (Å²) < 4.78 is 19.0. The molecule has 0 radical (unpaired) electrons. The second kappa shape index (κ2) is 6.26. The quantitative estimate of drug-likeness (QED) is 0.889. The predicted octanol–water partition coefficient (Wildman–Crippen LogP) is 2.85. The van der Waals surface area contributed by atoms with E-state index in [1.807, 2.05) is 25.1 Å². The third kappa shape index (κ3) is 3.51. The normalized spacial score (nSPS) is 10.2. The van der Waals surface area contributed by atoms with Gasteiger partial charge in [-0.25, -0.2) is 4.39 Å². The van der Waals surface area contributed by atoms with Gasteiger partial charge in [0.25, 0.3) is 0 Å². The Labute approximate surface area is 122 Å². The fourth-order valence-electron chi connectivity index (χ4n) is 2.05. The van der Waals surface area contributed by atoms with Crippen LogP contribution in [0.25, 0.3) is 0 Å². The molecule has 0 heterocycles. The lowest BCUT2D eigenvalue weighted by atomic mass is 10.1. The average molecular weight is 288 g/mol. The highest BCUT2D eigenvalue weighted by molar-refractivity contribution is 5.93. The number of rotatable bonds is 5. The van der Waals surface area contributed by atoms with Crippen molar-refractivity contribution in [2.75, 3.05) is 12.4 Å². The van der Waals surface area contributed by atoms with Gasteiger partial charge >= 0.3 is 0 Å². The highest BCUT2D eigenvalue weighted by Gasteiger charge is 2.08. The number of hydrogen-bond acceptors (Lipinski definition) is 3. The van der Waals surface area contributed by atoms with Gasteiger partial charge in [0.05, 0.1) is 12.8 Å². The van der Waals surface area contributed by atoms with Gasteiger partial charge in [-0.15, -0.1) is 0 Å². The average Bonchev–Trinajstić information content (AvgIpc) is 2.46. The van der Waals surface area contributed by atoms with E-state index in [0.717, 1.165) is 16.9 Å². The number of anilines is 1. The first-order valence-corrected chi connectivity index (χ1v) is 6.48. The molecule has 0 aliphatic heterocycles. The summed E-state index contributed by atoms with van der Waals surface area (Å²) >= 11 is 0. The number of nitrogens with two attached hydrogens (primary N) is 1. The van der Waals surface area contributed by atoms with Gasteiger partial charge in [0.15, 0.2) is 0 Å². The first kappa shape index (κ1) is 14.8. The Hall–Kier alpha value is -2.56. The number of benzene rings is 2. The summed E-state index contributed by atoms with van der Waals surface area (Å²) in [5.74, 6) is -0.308. The molecule has 5 heteroatoms. The lowest BCUT2D eigenvalue weighted by molar-refractivity contribution is 0.100.